The van der Waals surface area contributed by atoms with E-state index in [1.165, 1.54) is 0 Å². The number of ether oxygens (including phenoxy) is 1. The van der Waals surface area contributed by atoms with Gasteiger partial charge in [0.25, 0.3) is 0 Å². The molecule has 1 aliphatic rings. The van der Waals surface area contributed by atoms with Crippen LogP contribution in [0.4, 0.5) is 0 Å². The molecule has 0 radical (unpaired) electrons. The highest BCUT2D eigenvalue weighted by molar-refractivity contribution is 6.30. The molecule has 1 aliphatic heterocycles. The molecule has 0 aromatic heterocycles. The summed E-state index contributed by atoms with van der Waals surface area (Å²) in [5.41, 5.74) is -0.0735. The Kier molecular flexibility index (Phi) is 4.42. The second-order valence-electron chi connectivity index (χ2n) is 5.25. The first-order valence-electron chi connectivity index (χ1n) is 6.83. The average molecular weight is 311 g/mol. The van der Waals surface area contributed by atoms with Gasteiger partial charge in [-0.3, -0.25) is 9.59 Å². The first-order chi connectivity index (χ1) is 9.92. The van der Waals surface area contributed by atoms with Gasteiger partial charge in [0.1, 0.15) is 11.3 Å². The fourth-order valence-electron chi connectivity index (χ4n) is 2.49. The molecule has 2 rings (SSSR count). The van der Waals surface area contributed by atoms with Gasteiger partial charge in [0.15, 0.2) is 0 Å². The van der Waals surface area contributed by atoms with Crippen molar-refractivity contribution in [3.8, 4) is 5.75 Å². The molecule has 1 saturated heterocycles. The summed E-state index contributed by atoms with van der Waals surface area (Å²) < 4.78 is 5.31. The van der Waals surface area contributed by atoms with Crippen LogP contribution in [0.3, 0.4) is 0 Å². The molecule has 21 heavy (non-hydrogen) atoms. The van der Waals surface area contributed by atoms with Crippen LogP contribution in [0.2, 0.25) is 5.02 Å². The summed E-state index contributed by atoms with van der Waals surface area (Å²) in [7, 11) is 1.57. The summed E-state index contributed by atoms with van der Waals surface area (Å²) in [6.45, 7) is 3.98. The van der Waals surface area contributed by atoms with Gasteiger partial charge in [-0.15, -0.1) is 0 Å². The van der Waals surface area contributed by atoms with Crippen LogP contribution < -0.4 is 10.1 Å². The second kappa shape index (κ2) is 5.93. The van der Waals surface area contributed by atoms with Crippen LogP contribution in [0.25, 0.3) is 0 Å². The number of nitrogens with zero attached hydrogens (tertiary/aromatic N) is 1. The molecule has 1 unspecified atom stereocenters. The van der Waals surface area contributed by atoms with Crippen molar-refractivity contribution in [3.63, 3.8) is 0 Å². The SMILES string of the molecule is CCC1(C)C(=O)NCC(=O)N1Cc1cc(Cl)ccc1OC. The van der Waals surface area contributed by atoms with Crippen molar-refractivity contribution >= 4 is 23.4 Å². The minimum atomic E-state index is -0.858. The molecule has 0 bridgehead atoms. The Balaban J connectivity index is 2.37. The number of rotatable bonds is 4. The summed E-state index contributed by atoms with van der Waals surface area (Å²) in [5, 5.41) is 3.21. The molecule has 1 aromatic carbocycles. The third-order valence-electron chi connectivity index (χ3n) is 4.05. The van der Waals surface area contributed by atoms with Gasteiger partial charge in [-0.05, 0) is 31.5 Å². The number of halogens is 1. The minimum Gasteiger partial charge on any atom is -0.496 e. The van der Waals surface area contributed by atoms with Gasteiger partial charge in [-0.1, -0.05) is 18.5 Å². The predicted molar refractivity (Wildman–Crippen MR) is 80.3 cm³/mol. The number of piperazine rings is 1. The molecule has 0 spiro atoms. The largest absolute Gasteiger partial charge is 0.496 e. The maximum absolute atomic E-state index is 12.2. The van der Waals surface area contributed by atoms with E-state index in [1.54, 1.807) is 37.1 Å². The fraction of sp³-hybridized carbons (Fsp3) is 0.467. The van der Waals surface area contributed by atoms with E-state index < -0.39 is 5.54 Å². The Hall–Kier alpha value is -1.75. The van der Waals surface area contributed by atoms with Crippen LogP contribution >= 0.6 is 11.6 Å². The highest BCUT2D eigenvalue weighted by Crippen LogP contribution is 2.29. The van der Waals surface area contributed by atoms with Gasteiger partial charge in [-0.25, -0.2) is 0 Å². The lowest BCUT2D eigenvalue weighted by molar-refractivity contribution is -0.153. The van der Waals surface area contributed by atoms with E-state index in [-0.39, 0.29) is 18.4 Å². The van der Waals surface area contributed by atoms with E-state index in [0.29, 0.717) is 23.7 Å². The van der Waals surface area contributed by atoms with Gasteiger partial charge in [0, 0.05) is 10.6 Å². The second-order valence-corrected chi connectivity index (χ2v) is 5.68. The van der Waals surface area contributed by atoms with Crippen LogP contribution in [0, 0.1) is 0 Å². The number of carbonyl (C=O) groups excluding carboxylic acids is 2. The zero-order valence-corrected chi connectivity index (χ0v) is 13.2. The third kappa shape index (κ3) is 2.83. The molecule has 1 atom stereocenters. The maximum Gasteiger partial charge on any atom is 0.246 e. The summed E-state index contributed by atoms with van der Waals surface area (Å²) in [6.07, 6.45) is 0.535. The zero-order valence-electron chi connectivity index (χ0n) is 12.4. The monoisotopic (exact) mass is 310 g/mol. The summed E-state index contributed by atoms with van der Waals surface area (Å²) in [6, 6.07) is 5.25. The van der Waals surface area contributed by atoms with E-state index in [9.17, 15) is 9.59 Å². The van der Waals surface area contributed by atoms with Crippen LogP contribution in [-0.2, 0) is 16.1 Å². The summed E-state index contributed by atoms with van der Waals surface area (Å²) >= 11 is 6.02. The Morgan fingerprint density at radius 1 is 1.43 bits per heavy atom. The van der Waals surface area contributed by atoms with Crippen molar-refractivity contribution in [1.82, 2.24) is 10.2 Å². The lowest BCUT2D eigenvalue weighted by atomic mass is 9.92. The fourth-order valence-corrected chi connectivity index (χ4v) is 2.69. The van der Waals surface area contributed by atoms with Gasteiger partial charge in [0.2, 0.25) is 11.8 Å². The highest BCUT2D eigenvalue weighted by atomic mass is 35.5. The van der Waals surface area contributed by atoms with Gasteiger partial charge in [0.05, 0.1) is 20.2 Å². The predicted octanol–water partition coefficient (Wildman–Crippen LogP) is 1.98. The number of hydrogen-bond donors (Lipinski definition) is 1. The highest BCUT2D eigenvalue weighted by Gasteiger charge is 2.44. The molecule has 1 aromatic rings. The molecule has 0 saturated carbocycles. The van der Waals surface area contributed by atoms with Crippen molar-refractivity contribution in [2.75, 3.05) is 13.7 Å². The van der Waals surface area contributed by atoms with E-state index in [4.69, 9.17) is 16.3 Å². The first-order valence-corrected chi connectivity index (χ1v) is 7.21. The lowest BCUT2D eigenvalue weighted by Gasteiger charge is -2.43. The molecule has 114 valence electrons. The molecular formula is C15H19ClN2O3. The topological polar surface area (TPSA) is 58.6 Å². The van der Waals surface area contributed by atoms with Crippen LogP contribution in [0.5, 0.6) is 5.75 Å². The Labute approximate surface area is 129 Å². The normalized spacial score (nSPS) is 22.2. The number of hydrogen-bond acceptors (Lipinski definition) is 3. The molecule has 6 heteroatoms. The average Bonchev–Trinajstić information content (AvgIpc) is 2.48. The molecule has 1 fully saturated rings. The molecule has 1 N–H and O–H groups in total. The standard InChI is InChI=1S/C15H19ClN2O3/c1-4-15(2)14(20)17-8-13(19)18(15)9-10-7-11(16)5-6-12(10)21-3/h5-7H,4,8-9H2,1-3H3,(H,17,20). The van der Waals surface area contributed by atoms with Gasteiger partial charge < -0.3 is 15.0 Å². The van der Waals surface area contributed by atoms with Crippen molar-refractivity contribution in [2.24, 2.45) is 0 Å². The van der Waals surface area contributed by atoms with Gasteiger partial charge >= 0.3 is 0 Å². The van der Waals surface area contributed by atoms with E-state index in [1.807, 2.05) is 6.92 Å². The number of carbonyl (C=O) groups is 2. The van der Waals surface area contributed by atoms with Gasteiger partial charge in [-0.2, -0.15) is 0 Å². The number of amides is 2. The summed E-state index contributed by atoms with van der Waals surface area (Å²) in [4.78, 5) is 26.0. The lowest BCUT2D eigenvalue weighted by Crippen LogP contribution is -2.65. The van der Waals surface area contributed by atoms with Crippen molar-refractivity contribution in [1.29, 1.82) is 0 Å². The molecule has 2 amide bonds. The Bertz CT molecular complexity index is 576. The van der Waals surface area contributed by atoms with Crippen LogP contribution in [0.1, 0.15) is 25.8 Å². The third-order valence-corrected chi connectivity index (χ3v) is 4.28. The Morgan fingerprint density at radius 2 is 2.14 bits per heavy atom. The Morgan fingerprint density at radius 3 is 2.76 bits per heavy atom. The number of benzene rings is 1. The quantitative estimate of drug-likeness (QED) is 0.925. The molecule has 5 nitrogen and oxygen atoms in total. The van der Waals surface area contributed by atoms with Crippen LogP contribution in [0.15, 0.2) is 18.2 Å². The van der Waals surface area contributed by atoms with E-state index in [0.717, 1.165) is 5.56 Å². The molecule has 0 aliphatic carbocycles. The molecular weight excluding hydrogens is 292 g/mol. The minimum absolute atomic E-state index is 0.0251. The van der Waals surface area contributed by atoms with Crippen LogP contribution in [-0.4, -0.2) is 35.9 Å². The van der Waals surface area contributed by atoms with E-state index in [2.05, 4.69) is 5.32 Å². The first kappa shape index (κ1) is 15.6. The molecule has 1 heterocycles. The smallest absolute Gasteiger partial charge is 0.246 e. The zero-order chi connectivity index (χ0) is 15.6. The maximum atomic E-state index is 12.2. The number of methoxy groups -OCH3 is 1. The summed E-state index contributed by atoms with van der Waals surface area (Å²) in [5.74, 6) is 0.406. The van der Waals surface area contributed by atoms with Crippen molar-refractivity contribution in [2.45, 2.75) is 32.4 Å². The number of nitrogens with one attached hydrogen (secondary N) is 1. The van der Waals surface area contributed by atoms with Crippen molar-refractivity contribution in [3.05, 3.63) is 28.8 Å². The van der Waals surface area contributed by atoms with E-state index >= 15 is 0 Å². The van der Waals surface area contributed by atoms with Crippen molar-refractivity contribution < 1.29 is 14.3 Å².